The van der Waals surface area contributed by atoms with E-state index < -0.39 is 23.5 Å². The first-order chi connectivity index (χ1) is 17.9. The summed E-state index contributed by atoms with van der Waals surface area (Å²) >= 11 is 1.06. The molecule has 5 rings (SSSR count). The third-order valence-electron chi connectivity index (χ3n) is 6.04. The Hall–Kier alpha value is -4.44. The van der Waals surface area contributed by atoms with Gasteiger partial charge >= 0.3 is 5.91 Å². The summed E-state index contributed by atoms with van der Waals surface area (Å²) in [5.74, 6) is -1.63. The highest BCUT2D eigenvalue weighted by Gasteiger charge is 2.48. The van der Waals surface area contributed by atoms with Crippen LogP contribution in [-0.2, 0) is 9.59 Å². The highest BCUT2D eigenvalue weighted by molar-refractivity contribution is 7.22. The fraction of sp³-hybridized carbons (Fsp3) is 0.148. The van der Waals surface area contributed by atoms with Crippen molar-refractivity contribution in [3.05, 3.63) is 83.2 Å². The SMILES string of the molecule is COc1cc([C@H]2/C(=C(\O)c3ccccc3)C(=O)C(=O)N2c2nc3ccc(F)cc3s2)cc(OC)c1OC. The Morgan fingerprint density at radius 1 is 0.973 bits per heavy atom. The highest BCUT2D eigenvalue weighted by atomic mass is 32.1. The number of benzene rings is 3. The van der Waals surface area contributed by atoms with E-state index in [1.807, 2.05) is 0 Å². The molecule has 1 atom stereocenters. The molecule has 2 heterocycles. The molecule has 1 aliphatic rings. The van der Waals surface area contributed by atoms with Gasteiger partial charge in [0.1, 0.15) is 11.6 Å². The lowest BCUT2D eigenvalue weighted by molar-refractivity contribution is -0.132. The number of rotatable bonds is 6. The van der Waals surface area contributed by atoms with Gasteiger partial charge in [-0.3, -0.25) is 14.5 Å². The van der Waals surface area contributed by atoms with Gasteiger partial charge in [0.15, 0.2) is 16.6 Å². The molecule has 0 spiro atoms. The van der Waals surface area contributed by atoms with Gasteiger partial charge in [0.05, 0.1) is 43.2 Å². The van der Waals surface area contributed by atoms with Gasteiger partial charge in [-0.1, -0.05) is 41.7 Å². The van der Waals surface area contributed by atoms with Crippen LogP contribution in [0.1, 0.15) is 17.2 Å². The van der Waals surface area contributed by atoms with E-state index in [1.54, 1.807) is 42.5 Å². The van der Waals surface area contributed by atoms with Crippen LogP contribution in [0.3, 0.4) is 0 Å². The van der Waals surface area contributed by atoms with E-state index in [-0.39, 0.29) is 16.5 Å². The van der Waals surface area contributed by atoms with Crippen LogP contribution in [0.15, 0.2) is 66.2 Å². The molecule has 1 fully saturated rings. The number of nitrogens with zero attached hydrogens (tertiary/aromatic N) is 2. The molecule has 0 bridgehead atoms. The molecular weight excluding hydrogens is 499 g/mol. The number of amides is 1. The Morgan fingerprint density at radius 2 is 1.65 bits per heavy atom. The predicted molar refractivity (Wildman–Crippen MR) is 137 cm³/mol. The van der Waals surface area contributed by atoms with Gasteiger partial charge in [0, 0.05) is 5.56 Å². The zero-order chi connectivity index (χ0) is 26.3. The van der Waals surface area contributed by atoms with E-state index in [2.05, 4.69) is 4.98 Å². The Bertz CT molecular complexity index is 1540. The van der Waals surface area contributed by atoms with E-state index in [9.17, 15) is 19.1 Å². The fourth-order valence-corrected chi connectivity index (χ4v) is 5.36. The van der Waals surface area contributed by atoms with E-state index in [4.69, 9.17) is 14.2 Å². The maximum atomic E-state index is 13.9. The highest BCUT2D eigenvalue weighted by Crippen LogP contribution is 2.48. The summed E-state index contributed by atoms with van der Waals surface area (Å²) in [5, 5.41) is 11.4. The largest absolute Gasteiger partial charge is 0.507 e. The standard InChI is InChI=1S/C27H21FN2O6S/c1-34-18-11-15(12-19(35-2)25(18)36-3)22-21(23(31)14-7-5-4-6-8-14)24(32)26(33)30(22)27-29-17-10-9-16(28)13-20(17)37-27/h4-13,22,31H,1-3H3/b23-21+/t22-/m0/s1. The van der Waals surface area contributed by atoms with Crippen LogP contribution in [0, 0.1) is 5.82 Å². The monoisotopic (exact) mass is 520 g/mol. The number of aliphatic hydroxyl groups is 1. The van der Waals surface area contributed by atoms with Crippen molar-refractivity contribution in [2.45, 2.75) is 6.04 Å². The maximum absolute atomic E-state index is 13.9. The number of aromatic nitrogens is 1. The minimum atomic E-state index is -1.08. The number of Topliss-reactive ketones (excluding diaryl/α,β-unsaturated/α-hetero) is 1. The van der Waals surface area contributed by atoms with E-state index in [0.29, 0.717) is 38.6 Å². The summed E-state index contributed by atoms with van der Waals surface area (Å²) in [7, 11) is 4.36. The lowest BCUT2D eigenvalue weighted by Gasteiger charge is -2.24. The number of hydrogen-bond acceptors (Lipinski definition) is 8. The molecule has 0 unspecified atom stereocenters. The van der Waals surface area contributed by atoms with Gasteiger partial charge in [-0.2, -0.15) is 0 Å². The second kappa shape index (κ2) is 9.55. The number of aliphatic hydroxyl groups excluding tert-OH is 1. The Kier molecular flexibility index (Phi) is 6.26. The average Bonchev–Trinajstić information content (AvgIpc) is 3.45. The molecule has 1 aliphatic heterocycles. The Morgan fingerprint density at radius 3 is 2.27 bits per heavy atom. The molecule has 1 N–H and O–H groups in total. The predicted octanol–water partition coefficient (Wildman–Crippen LogP) is 5.09. The second-order valence-corrected chi connectivity index (χ2v) is 9.11. The Balaban J connectivity index is 1.79. The van der Waals surface area contributed by atoms with Crippen molar-refractivity contribution < 1.29 is 33.3 Å². The number of hydrogen-bond donors (Lipinski definition) is 1. The van der Waals surface area contributed by atoms with Gasteiger partial charge < -0.3 is 19.3 Å². The third kappa shape index (κ3) is 4.05. The molecule has 188 valence electrons. The van der Waals surface area contributed by atoms with E-state index in [0.717, 1.165) is 11.3 Å². The number of methoxy groups -OCH3 is 3. The molecule has 4 aromatic rings. The number of thiazole rings is 1. The third-order valence-corrected chi connectivity index (χ3v) is 7.06. The second-order valence-electron chi connectivity index (χ2n) is 8.10. The van der Waals surface area contributed by atoms with Gasteiger partial charge in [0.25, 0.3) is 5.78 Å². The molecule has 1 aromatic heterocycles. The van der Waals surface area contributed by atoms with Gasteiger partial charge in [-0.15, -0.1) is 0 Å². The average molecular weight is 521 g/mol. The molecule has 0 aliphatic carbocycles. The van der Waals surface area contributed by atoms with Crippen LogP contribution in [-0.4, -0.2) is 43.1 Å². The maximum Gasteiger partial charge on any atom is 0.301 e. The lowest BCUT2D eigenvalue weighted by atomic mass is 9.95. The summed E-state index contributed by atoms with van der Waals surface area (Å²) in [6.45, 7) is 0. The number of ketones is 1. The number of ether oxygens (including phenoxy) is 3. The topological polar surface area (TPSA) is 98.2 Å². The number of carbonyl (C=O) groups excluding carboxylic acids is 2. The summed E-state index contributed by atoms with van der Waals surface area (Å²) in [4.78, 5) is 32.6. The van der Waals surface area contributed by atoms with Gasteiger partial charge in [-0.05, 0) is 35.9 Å². The van der Waals surface area contributed by atoms with Crippen molar-refractivity contribution in [2.24, 2.45) is 0 Å². The van der Waals surface area contributed by atoms with Crippen molar-refractivity contribution in [3.63, 3.8) is 0 Å². The molecule has 3 aromatic carbocycles. The first-order valence-corrected chi connectivity index (χ1v) is 11.9. The van der Waals surface area contributed by atoms with E-state index in [1.165, 1.54) is 44.4 Å². The molecule has 1 saturated heterocycles. The molecule has 8 nitrogen and oxygen atoms in total. The van der Waals surface area contributed by atoms with Crippen LogP contribution >= 0.6 is 11.3 Å². The quantitative estimate of drug-likeness (QED) is 0.215. The van der Waals surface area contributed by atoms with Crippen LogP contribution in [0.5, 0.6) is 17.2 Å². The molecule has 0 radical (unpaired) electrons. The molecular formula is C27H21FN2O6S. The van der Waals surface area contributed by atoms with Crippen molar-refractivity contribution in [1.29, 1.82) is 0 Å². The summed E-state index contributed by atoms with van der Waals surface area (Å²) in [5.41, 5.74) is 1.12. The minimum absolute atomic E-state index is 0.129. The van der Waals surface area contributed by atoms with Crippen molar-refractivity contribution in [1.82, 2.24) is 4.98 Å². The van der Waals surface area contributed by atoms with Crippen LogP contribution in [0.2, 0.25) is 0 Å². The number of fused-ring (bicyclic) bond motifs is 1. The zero-order valence-electron chi connectivity index (χ0n) is 20.0. The Labute approximate surface area is 215 Å². The van der Waals surface area contributed by atoms with Gasteiger partial charge in [0.2, 0.25) is 5.75 Å². The first kappa shape index (κ1) is 24.3. The van der Waals surface area contributed by atoms with Crippen LogP contribution < -0.4 is 19.1 Å². The van der Waals surface area contributed by atoms with Crippen LogP contribution in [0.25, 0.3) is 16.0 Å². The minimum Gasteiger partial charge on any atom is -0.507 e. The summed E-state index contributed by atoms with van der Waals surface area (Å²) in [6, 6.07) is 14.7. The smallest absolute Gasteiger partial charge is 0.301 e. The van der Waals surface area contributed by atoms with Gasteiger partial charge in [-0.25, -0.2) is 9.37 Å². The van der Waals surface area contributed by atoms with E-state index >= 15 is 0 Å². The zero-order valence-corrected chi connectivity index (χ0v) is 20.8. The molecule has 0 saturated carbocycles. The first-order valence-electron chi connectivity index (χ1n) is 11.1. The lowest BCUT2D eigenvalue weighted by Crippen LogP contribution is -2.29. The van der Waals surface area contributed by atoms with Crippen molar-refractivity contribution >= 4 is 44.1 Å². The van der Waals surface area contributed by atoms with Crippen LogP contribution in [0.4, 0.5) is 9.52 Å². The normalized spacial score (nSPS) is 16.9. The van der Waals surface area contributed by atoms with Crippen molar-refractivity contribution in [2.75, 3.05) is 26.2 Å². The molecule has 10 heteroatoms. The number of halogens is 1. The summed E-state index contributed by atoms with van der Waals surface area (Å²) < 4.78 is 30.8. The fourth-order valence-electron chi connectivity index (χ4n) is 4.35. The molecule has 37 heavy (non-hydrogen) atoms. The summed E-state index contributed by atoms with van der Waals surface area (Å²) in [6.07, 6.45) is 0. The van der Waals surface area contributed by atoms with Crippen molar-refractivity contribution in [3.8, 4) is 17.2 Å². The number of anilines is 1. The molecule has 1 amide bonds. The number of carbonyl (C=O) groups is 2.